The van der Waals surface area contributed by atoms with Gasteiger partial charge in [-0.2, -0.15) is 0 Å². The summed E-state index contributed by atoms with van der Waals surface area (Å²) in [5, 5.41) is 1.96. The molecule has 0 bridgehead atoms. The van der Waals surface area contributed by atoms with Gasteiger partial charge in [-0.1, -0.05) is 23.8 Å². The van der Waals surface area contributed by atoms with E-state index in [2.05, 4.69) is 20.9 Å². The monoisotopic (exact) mass is 470 g/mol. The Morgan fingerprint density at radius 3 is 2.69 bits per heavy atom. The molecule has 2 unspecified atom stereocenters. The molecule has 1 fully saturated rings. The first kappa shape index (κ1) is 19.8. The summed E-state index contributed by atoms with van der Waals surface area (Å²) in [5.74, 6) is -0.443. The summed E-state index contributed by atoms with van der Waals surface area (Å²) in [5.41, 5.74) is 1.90. The lowest BCUT2D eigenvalue weighted by Gasteiger charge is -2.39. The van der Waals surface area contributed by atoms with Crippen LogP contribution in [0, 0.1) is 12.8 Å². The van der Waals surface area contributed by atoms with E-state index in [-0.39, 0.29) is 11.9 Å². The molecule has 1 saturated heterocycles. The van der Waals surface area contributed by atoms with Gasteiger partial charge >= 0.3 is 5.97 Å². The second kappa shape index (κ2) is 8.47. The van der Waals surface area contributed by atoms with Gasteiger partial charge in [0.15, 0.2) is 5.75 Å². The number of aromatic nitrogens is 1. The van der Waals surface area contributed by atoms with Crippen molar-refractivity contribution in [1.82, 2.24) is 4.98 Å². The highest BCUT2D eigenvalue weighted by atomic mass is 79.9. The van der Waals surface area contributed by atoms with Crippen molar-refractivity contribution in [2.45, 2.75) is 25.8 Å². The molecule has 1 amide bonds. The molecular weight excluding hydrogens is 452 g/mol. The maximum Gasteiger partial charge on any atom is 0.316 e. The number of carbonyl (C=O) groups excluding carboxylic acids is 2. The molecule has 29 heavy (non-hydrogen) atoms. The molecule has 5 nitrogen and oxygen atoms in total. The van der Waals surface area contributed by atoms with E-state index in [1.54, 1.807) is 34.6 Å². The molecule has 0 N–H and O–H groups in total. The largest absolute Gasteiger partial charge is 0.423 e. The van der Waals surface area contributed by atoms with Crippen LogP contribution in [0.2, 0.25) is 0 Å². The fraction of sp³-hybridized carbons (Fsp3) is 0.227. The first-order valence-corrected chi connectivity index (χ1v) is 11.0. The Labute approximate surface area is 181 Å². The van der Waals surface area contributed by atoms with E-state index in [9.17, 15) is 9.59 Å². The van der Waals surface area contributed by atoms with E-state index >= 15 is 0 Å². The minimum absolute atomic E-state index is 0.0128. The van der Waals surface area contributed by atoms with Gasteiger partial charge in [0.25, 0.3) is 0 Å². The first-order chi connectivity index (χ1) is 14.0. The molecule has 1 aliphatic heterocycles. The molecule has 7 heteroatoms. The van der Waals surface area contributed by atoms with Crippen molar-refractivity contribution in [2.75, 3.05) is 4.90 Å². The molecular formula is C22H19BrN2O3S. The highest BCUT2D eigenvalue weighted by Crippen LogP contribution is 2.42. The Morgan fingerprint density at radius 2 is 2.00 bits per heavy atom. The number of nitrogens with zero attached hydrogens (tertiary/aromatic N) is 2. The maximum absolute atomic E-state index is 13.2. The van der Waals surface area contributed by atoms with Gasteiger partial charge in [0.05, 0.1) is 12.0 Å². The zero-order valence-corrected chi connectivity index (χ0v) is 18.2. The van der Waals surface area contributed by atoms with Crippen LogP contribution in [0.5, 0.6) is 5.75 Å². The van der Waals surface area contributed by atoms with Gasteiger partial charge in [-0.25, -0.2) is 4.98 Å². The smallest absolute Gasteiger partial charge is 0.316 e. The van der Waals surface area contributed by atoms with Crippen LogP contribution < -0.4 is 9.64 Å². The van der Waals surface area contributed by atoms with Crippen LogP contribution in [0.1, 0.15) is 29.3 Å². The number of pyridine rings is 1. The zero-order valence-electron chi connectivity index (χ0n) is 15.7. The number of rotatable bonds is 4. The molecule has 0 radical (unpaired) electrons. The third-order valence-corrected chi connectivity index (χ3v) is 6.52. The highest BCUT2D eigenvalue weighted by molar-refractivity contribution is 9.10. The SMILES string of the molecule is Cc1ccc(N2C(=O)CCC(C(=O)Oc3cccnc3Br)C2c2cccs2)cc1. The quantitative estimate of drug-likeness (QED) is 0.383. The minimum Gasteiger partial charge on any atom is -0.423 e. The number of thiophene rings is 1. The topological polar surface area (TPSA) is 59.5 Å². The van der Waals surface area contributed by atoms with Crippen LogP contribution in [0.25, 0.3) is 0 Å². The molecule has 1 aromatic carbocycles. The highest BCUT2D eigenvalue weighted by Gasteiger charge is 2.43. The van der Waals surface area contributed by atoms with Crippen molar-refractivity contribution >= 4 is 44.8 Å². The van der Waals surface area contributed by atoms with Crippen molar-refractivity contribution in [3.05, 3.63) is 75.2 Å². The summed E-state index contributed by atoms with van der Waals surface area (Å²) in [6.45, 7) is 2.00. The van der Waals surface area contributed by atoms with Crippen LogP contribution in [0.15, 0.2) is 64.7 Å². The molecule has 4 rings (SSSR count). The summed E-state index contributed by atoms with van der Waals surface area (Å²) < 4.78 is 6.15. The Morgan fingerprint density at radius 1 is 1.21 bits per heavy atom. The Balaban J connectivity index is 1.71. The van der Waals surface area contributed by atoms with E-state index in [4.69, 9.17) is 4.74 Å². The fourth-order valence-electron chi connectivity index (χ4n) is 3.57. The predicted molar refractivity (Wildman–Crippen MR) is 116 cm³/mol. The maximum atomic E-state index is 13.2. The van der Waals surface area contributed by atoms with Gasteiger partial charge in [0, 0.05) is 23.2 Å². The molecule has 2 aromatic heterocycles. The molecule has 0 aliphatic carbocycles. The van der Waals surface area contributed by atoms with Gasteiger partial charge in [-0.15, -0.1) is 11.3 Å². The van der Waals surface area contributed by atoms with Gasteiger partial charge in [0.2, 0.25) is 5.91 Å². The van der Waals surface area contributed by atoms with E-state index in [1.165, 1.54) is 0 Å². The van der Waals surface area contributed by atoms with Crippen molar-refractivity contribution in [2.24, 2.45) is 5.92 Å². The van der Waals surface area contributed by atoms with Crippen molar-refractivity contribution in [3.63, 3.8) is 0 Å². The average molecular weight is 471 g/mol. The number of aryl methyl sites for hydroxylation is 1. The number of anilines is 1. The van der Waals surface area contributed by atoms with E-state index in [0.717, 1.165) is 16.1 Å². The van der Waals surface area contributed by atoms with Crippen LogP contribution in [-0.2, 0) is 9.59 Å². The summed E-state index contributed by atoms with van der Waals surface area (Å²) in [4.78, 5) is 32.9. The summed E-state index contributed by atoms with van der Waals surface area (Å²) in [6, 6.07) is 14.7. The number of ether oxygens (including phenoxy) is 1. The molecule has 148 valence electrons. The Kier molecular flexibility index (Phi) is 5.78. The first-order valence-electron chi connectivity index (χ1n) is 9.29. The number of hydrogen-bond donors (Lipinski definition) is 0. The van der Waals surface area contributed by atoms with Crippen LogP contribution in [0.3, 0.4) is 0 Å². The normalized spacial score (nSPS) is 19.2. The van der Waals surface area contributed by atoms with Gasteiger partial charge in [-0.3, -0.25) is 9.59 Å². The number of halogens is 1. The van der Waals surface area contributed by atoms with Crippen molar-refractivity contribution in [1.29, 1.82) is 0 Å². The molecule has 0 saturated carbocycles. The summed E-state index contributed by atoms with van der Waals surface area (Å²) in [7, 11) is 0. The number of esters is 1. The lowest BCUT2D eigenvalue weighted by Crippen LogP contribution is -2.46. The van der Waals surface area contributed by atoms with Gasteiger partial charge < -0.3 is 9.64 Å². The van der Waals surface area contributed by atoms with E-state index < -0.39 is 12.0 Å². The predicted octanol–water partition coefficient (Wildman–Crippen LogP) is 5.30. The van der Waals surface area contributed by atoms with Crippen LogP contribution >= 0.6 is 27.3 Å². The van der Waals surface area contributed by atoms with Crippen molar-refractivity contribution in [3.8, 4) is 5.75 Å². The van der Waals surface area contributed by atoms with E-state index in [1.807, 2.05) is 48.7 Å². The van der Waals surface area contributed by atoms with Gasteiger partial charge in [-0.05, 0) is 65.0 Å². The van der Waals surface area contributed by atoms with Crippen LogP contribution in [0.4, 0.5) is 5.69 Å². The summed E-state index contributed by atoms with van der Waals surface area (Å²) in [6.07, 6.45) is 2.36. The molecule has 1 aliphatic rings. The zero-order chi connectivity index (χ0) is 20.4. The third kappa shape index (κ3) is 4.11. The third-order valence-electron chi connectivity index (χ3n) is 4.98. The molecule has 3 aromatic rings. The fourth-order valence-corrected chi connectivity index (χ4v) is 4.78. The van der Waals surface area contributed by atoms with Crippen molar-refractivity contribution < 1.29 is 14.3 Å². The van der Waals surface area contributed by atoms with E-state index in [0.29, 0.717) is 23.2 Å². The second-order valence-electron chi connectivity index (χ2n) is 6.92. The Bertz CT molecular complexity index is 1020. The molecule has 3 heterocycles. The number of amides is 1. The number of piperidine rings is 1. The standard InChI is InChI=1S/C22H19BrN2O3S/c1-14-6-8-15(9-7-14)25-19(26)11-10-16(20(25)18-5-3-13-29-18)22(27)28-17-4-2-12-24-21(17)23/h2-9,12-13,16,20H,10-11H2,1H3. The number of hydrogen-bond acceptors (Lipinski definition) is 5. The lowest BCUT2D eigenvalue weighted by molar-refractivity contribution is -0.141. The van der Waals surface area contributed by atoms with Gasteiger partial charge in [0.1, 0.15) is 4.60 Å². The van der Waals surface area contributed by atoms with Crippen LogP contribution in [-0.4, -0.2) is 16.9 Å². The lowest BCUT2D eigenvalue weighted by atomic mass is 9.87. The minimum atomic E-state index is -0.472. The number of benzene rings is 1. The average Bonchev–Trinajstić information content (AvgIpc) is 3.25. The molecule has 2 atom stereocenters. The Hall–Kier alpha value is -2.51. The second-order valence-corrected chi connectivity index (χ2v) is 8.65. The molecule has 0 spiro atoms. The summed E-state index contributed by atoms with van der Waals surface area (Å²) >= 11 is 4.86. The number of carbonyl (C=O) groups is 2.